The van der Waals surface area contributed by atoms with Crippen molar-refractivity contribution in [1.82, 2.24) is 15.0 Å². The number of nitro benzene ring substituents is 1. The Labute approximate surface area is 95.8 Å². The van der Waals surface area contributed by atoms with Gasteiger partial charge in [0.05, 0.1) is 16.8 Å². The van der Waals surface area contributed by atoms with Crippen LogP contribution >= 0.6 is 0 Å². The molecule has 86 valence electrons. The van der Waals surface area contributed by atoms with Gasteiger partial charge in [0.25, 0.3) is 11.6 Å². The fraction of sp³-hybridized carbons (Fsp3) is 0.100. The SMILES string of the molecule is Cc1cnn(C(=O)c2ccc([N+](=O)[O-])cc2)n1. The molecule has 0 saturated carbocycles. The van der Waals surface area contributed by atoms with Crippen molar-refractivity contribution in [3.05, 3.63) is 51.8 Å². The normalized spacial score (nSPS) is 10.2. The summed E-state index contributed by atoms with van der Waals surface area (Å²) >= 11 is 0. The van der Waals surface area contributed by atoms with Gasteiger partial charge in [0.1, 0.15) is 0 Å². The molecule has 0 N–H and O–H groups in total. The number of nitrogens with zero attached hydrogens (tertiary/aromatic N) is 4. The summed E-state index contributed by atoms with van der Waals surface area (Å²) in [6.07, 6.45) is 1.46. The van der Waals surface area contributed by atoms with Gasteiger partial charge in [-0.15, -0.1) is 4.80 Å². The maximum atomic E-state index is 11.8. The van der Waals surface area contributed by atoms with Gasteiger partial charge in [-0.1, -0.05) is 0 Å². The second-order valence-corrected chi connectivity index (χ2v) is 3.38. The van der Waals surface area contributed by atoms with E-state index in [-0.39, 0.29) is 5.69 Å². The van der Waals surface area contributed by atoms with E-state index in [0.29, 0.717) is 11.3 Å². The van der Waals surface area contributed by atoms with Crippen LogP contribution in [-0.4, -0.2) is 25.8 Å². The van der Waals surface area contributed by atoms with Crippen LogP contribution in [0.15, 0.2) is 30.5 Å². The van der Waals surface area contributed by atoms with Crippen molar-refractivity contribution in [3.63, 3.8) is 0 Å². The molecular formula is C10H8N4O3. The molecule has 0 fully saturated rings. The highest BCUT2D eigenvalue weighted by atomic mass is 16.6. The molecule has 0 unspecified atom stereocenters. The van der Waals surface area contributed by atoms with Crippen molar-refractivity contribution < 1.29 is 9.72 Å². The van der Waals surface area contributed by atoms with E-state index in [2.05, 4.69) is 10.2 Å². The maximum Gasteiger partial charge on any atom is 0.295 e. The third-order valence-electron chi connectivity index (χ3n) is 2.11. The number of nitro groups is 1. The molecule has 0 aliphatic carbocycles. The van der Waals surface area contributed by atoms with E-state index in [1.54, 1.807) is 6.92 Å². The van der Waals surface area contributed by atoms with Crippen LogP contribution in [0.3, 0.4) is 0 Å². The average Bonchev–Trinajstić information content (AvgIpc) is 2.75. The Morgan fingerprint density at radius 3 is 2.47 bits per heavy atom. The van der Waals surface area contributed by atoms with Crippen LogP contribution in [0.2, 0.25) is 0 Å². The summed E-state index contributed by atoms with van der Waals surface area (Å²) < 4.78 is 0. The van der Waals surface area contributed by atoms with Crippen molar-refractivity contribution in [2.75, 3.05) is 0 Å². The zero-order chi connectivity index (χ0) is 12.4. The summed E-state index contributed by atoms with van der Waals surface area (Å²) in [6.45, 7) is 1.71. The van der Waals surface area contributed by atoms with Crippen molar-refractivity contribution in [2.24, 2.45) is 0 Å². The Balaban J connectivity index is 2.29. The summed E-state index contributed by atoms with van der Waals surface area (Å²) in [5.74, 6) is -0.423. The van der Waals surface area contributed by atoms with Crippen LogP contribution in [0.4, 0.5) is 5.69 Å². The predicted molar refractivity (Wildman–Crippen MR) is 57.6 cm³/mol. The highest BCUT2D eigenvalue weighted by molar-refractivity contribution is 5.94. The van der Waals surface area contributed by atoms with Crippen LogP contribution < -0.4 is 0 Å². The summed E-state index contributed by atoms with van der Waals surface area (Å²) in [5, 5.41) is 18.1. The molecule has 2 rings (SSSR count). The minimum absolute atomic E-state index is 0.0637. The summed E-state index contributed by atoms with van der Waals surface area (Å²) in [5.41, 5.74) is 0.859. The summed E-state index contributed by atoms with van der Waals surface area (Å²) in [6, 6.07) is 5.28. The molecule has 1 heterocycles. The number of carbonyl (C=O) groups excluding carboxylic acids is 1. The number of aryl methyl sites for hydroxylation is 1. The summed E-state index contributed by atoms with van der Waals surface area (Å²) in [4.78, 5) is 22.7. The first-order valence-corrected chi connectivity index (χ1v) is 4.76. The van der Waals surface area contributed by atoms with Crippen LogP contribution in [0.1, 0.15) is 16.1 Å². The van der Waals surface area contributed by atoms with E-state index in [0.717, 1.165) is 4.80 Å². The zero-order valence-corrected chi connectivity index (χ0v) is 8.90. The monoisotopic (exact) mass is 232 g/mol. The molecule has 0 bridgehead atoms. The van der Waals surface area contributed by atoms with Gasteiger partial charge >= 0.3 is 0 Å². The lowest BCUT2D eigenvalue weighted by Crippen LogP contribution is -2.15. The number of carbonyl (C=O) groups is 1. The second-order valence-electron chi connectivity index (χ2n) is 3.38. The minimum Gasteiger partial charge on any atom is -0.265 e. The van der Waals surface area contributed by atoms with E-state index >= 15 is 0 Å². The molecule has 2 aromatic rings. The smallest absolute Gasteiger partial charge is 0.265 e. The van der Waals surface area contributed by atoms with E-state index < -0.39 is 10.8 Å². The van der Waals surface area contributed by atoms with Gasteiger partial charge in [0.15, 0.2) is 0 Å². The van der Waals surface area contributed by atoms with Crippen LogP contribution in [-0.2, 0) is 0 Å². The Kier molecular flexibility index (Phi) is 2.65. The number of hydrogen-bond donors (Lipinski definition) is 0. The Bertz CT molecular complexity index is 573. The van der Waals surface area contributed by atoms with Gasteiger partial charge in [-0.25, -0.2) is 0 Å². The Morgan fingerprint density at radius 1 is 1.35 bits per heavy atom. The molecule has 17 heavy (non-hydrogen) atoms. The molecule has 0 atom stereocenters. The molecule has 0 aliphatic heterocycles. The van der Waals surface area contributed by atoms with Crippen molar-refractivity contribution in [2.45, 2.75) is 6.92 Å². The number of aromatic nitrogens is 3. The van der Waals surface area contributed by atoms with Gasteiger partial charge in [0.2, 0.25) is 0 Å². The van der Waals surface area contributed by atoms with Crippen molar-refractivity contribution in [1.29, 1.82) is 0 Å². The molecule has 1 aromatic carbocycles. The molecule has 0 aliphatic rings. The van der Waals surface area contributed by atoms with E-state index in [1.807, 2.05) is 0 Å². The van der Waals surface area contributed by atoms with Gasteiger partial charge in [-0.05, 0) is 19.1 Å². The molecular weight excluding hydrogens is 224 g/mol. The predicted octanol–water partition coefficient (Wildman–Crippen LogP) is 1.18. The maximum absolute atomic E-state index is 11.8. The fourth-order valence-corrected chi connectivity index (χ4v) is 1.28. The van der Waals surface area contributed by atoms with Crippen LogP contribution in [0.25, 0.3) is 0 Å². The van der Waals surface area contributed by atoms with Gasteiger partial charge in [-0.2, -0.15) is 10.2 Å². The second kappa shape index (κ2) is 4.12. The molecule has 0 amide bonds. The van der Waals surface area contributed by atoms with E-state index in [9.17, 15) is 14.9 Å². The highest BCUT2D eigenvalue weighted by Gasteiger charge is 2.12. The topological polar surface area (TPSA) is 90.9 Å². The van der Waals surface area contributed by atoms with E-state index in [4.69, 9.17) is 0 Å². The van der Waals surface area contributed by atoms with Crippen LogP contribution in [0.5, 0.6) is 0 Å². The highest BCUT2D eigenvalue weighted by Crippen LogP contribution is 2.12. The first-order valence-electron chi connectivity index (χ1n) is 4.76. The van der Waals surface area contributed by atoms with Gasteiger partial charge in [0, 0.05) is 17.7 Å². The molecule has 0 saturated heterocycles. The largest absolute Gasteiger partial charge is 0.295 e. The zero-order valence-electron chi connectivity index (χ0n) is 8.90. The van der Waals surface area contributed by atoms with E-state index in [1.165, 1.54) is 30.5 Å². The summed E-state index contributed by atoms with van der Waals surface area (Å²) in [7, 11) is 0. The number of hydrogen-bond acceptors (Lipinski definition) is 5. The molecule has 0 spiro atoms. The molecule has 7 nitrogen and oxygen atoms in total. The third-order valence-corrected chi connectivity index (χ3v) is 2.11. The average molecular weight is 232 g/mol. The molecule has 7 heteroatoms. The first kappa shape index (κ1) is 10.9. The Hall–Kier alpha value is -2.57. The number of rotatable bonds is 2. The van der Waals surface area contributed by atoms with Gasteiger partial charge in [-0.3, -0.25) is 14.9 Å². The third kappa shape index (κ3) is 2.17. The van der Waals surface area contributed by atoms with Gasteiger partial charge < -0.3 is 0 Å². The molecule has 0 radical (unpaired) electrons. The number of non-ortho nitro benzene ring substituents is 1. The number of benzene rings is 1. The van der Waals surface area contributed by atoms with Crippen molar-refractivity contribution >= 4 is 11.6 Å². The Morgan fingerprint density at radius 2 is 2.00 bits per heavy atom. The first-order chi connectivity index (χ1) is 8.08. The minimum atomic E-state index is -0.523. The van der Waals surface area contributed by atoms with Crippen molar-refractivity contribution in [3.8, 4) is 0 Å². The standard InChI is InChI=1S/C10H8N4O3/c1-7-6-11-13(12-7)10(15)8-2-4-9(5-3-8)14(16)17/h2-6H,1H3. The lowest BCUT2D eigenvalue weighted by molar-refractivity contribution is -0.384. The quantitative estimate of drug-likeness (QED) is 0.572. The lowest BCUT2D eigenvalue weighted by Gasteiger charge is -1.98. The molecule has 1 aromatic heterocycles. The lowest BCUT2D eigenvalue weighted by atomic mass is 10.2. The van der Waals surface area contributed by atoms with Crippen LogP contribution in [0, 0.1) is 17.0 Å². The fourth-order valence-electron chi connectivity index (χ4n) is 1.28.